The van der Waals surface area contributed by atoms with Crippen LogP contribution in [0.25, 0.3) is 11.1 Å². The van der Waals surface area contributed by atoms with Gasteiger partial charge in [0.05, 0.1) is 4.11 Å². The Morgan fingerprint density at radius 3 is 1.71 bits per heavy atom. The number of benzene rings is 1. The van der Waals surface area contributed by atoms with Gasteiger partial charge < -0.3 is 0 Å². The Morgan fingerprint density at radius 1 is 0.857 bits per heavy atom. The summed E-state index contributed by atoms with van der Waals surface area (Å²) in [6.07, 6.45) is 3.16. The number of pyridine rings is 1. The van der Waals surface area contributed by atoms with E-state index in [4.69, 9.17) is 8.95 Å². The molecule has 0 bridgehead atoms. The summed E-state index contributed by atoms with van der Waals surface area (Å²) in [5, 5.41) is 0. The second-order valence-electron chi connectivity index (χ2n) is 3.86. The van der Waals surface area contributed by atoms with E-state index in [1.165, 1.54) is 4.73 Å². The molecule has 0 fully saturated rings. The molecule has 0 unspecified atom stereocenters. The van der Waals surface area contributed by atoms with E-state index in [-0.39, 0.29) is 0 Å². The fraction of sp³-hybridized carbons (Fsp3) is 0.0833. The summed E-state index contributed by atoms with van der Waals surface area (Å²) in [4.78, 5) is 4.71. The fourth-order valence-corrected chi connectivity index (χ4v) is 1.30. The standard InChI is InChI=1S/C12H12NO.F6P/c1-14-13-9-7-12(8-10-13)11-5-3-2-4-6-11;1-7(2,3,4,5)6/h2-10H,1H3;/q+1;-1/i1D3;. The maximum Gasteiger partial charge on any atom is 0.223 e. The van der Waals surface area contributed by atoms with Crippen molar-refractivity contribution in [2.75, 3.05) is 7.04 Å². The first-order valence-electron chi connectivity index (χ1n) is 6.82. The minimum atomic E-state index is -10.7. The van der Waals surface area contributed by atoms with Crippen LogP contribution in [0.15, 0.2) is 54.9 Å². The molecule has 21 heavy (non-hydrogen) atoms. The first-order valence-corrected chi connectivity index (χ1v) is 7.35. The smallest absolute Gasteiger partial charge is 0.223 e. The zero-order chi connectivity index (χ0) is 18.7. The average Bonchev–Trinajstić information content (AvgIpc) is 2.35. The van der Waals surface area contributed by atoms with Crippen molar-refractivity contribution in [3.05, 3.63) is 54.9 Å². The molecular formula is C12H12F6NOP. The SMILES string of the molecule is F[P-](F)(F)(F)(F)F.[2H]C([2H])([2H])O[n+]1ccc(-c2ccccc2)cc1. The van der Waals surface area contributed by atoms with Crippen molar-refractivity contribution in [2.24, 2.45) is 0 Å². The van der Waals surface area contributed by atoms with Gasteiger partial charge in [-0.1, -0.05) is 30.3 Å². The summed E-state index contributed by atoms with van der Waals surface area (Å²) in [7, 11) is -13.1. The Hall–Kier alpha value is -1.82. The summed E-state index contributed by atoms with van der Waals surface area (Å²) < 4.78 is 81.3. The van der Waals surface area contributed by atoms with Gasteiger partial charge >= 0.3 is 33.0 Å². The third-order valence-corrected chi connectivity index (χ3v) is 2.01. The van der Waals surface area contributed by atoms with Crippen LogP contribution in [0.3, 0.4) is 0 Å². The van der Waals surface area contributed by atoms with Crippen LogP contribution in [0.4, 0.5) is 25.2 Å². The predicted octanol–water partition coefficient (Wildman–Crippen LogP) is 5.08. The first kappa shape index (κ1) is 12.9. The number of rotatable bonds is 2. The Balaban J connectivity index is 0.000000351. The normalized spacial score (nSPS) is 17.0. The van der Waals surface area contributed by atoms with Gasteiger partial charge in [-0.25, -0.2) is 0 Å². The van der Waals surface area contributed by atoms with Crippen molar-refractivity contribution >= 4 is 7.81 Å². The quantitative estimate of drug-likeness (QED) is 0.424. The largest absolute Gasteiger partial charge is 0.275 e. The molecule has 0 aliphatic carbocycles. The predicted molar refractivity (Wildman–Crippen MR) is 68.1 cm³/mol. The Labute approximate surface area is 121 Å². The van der Waals surface area contributed by atoms with Crippen LogP contribution >= 0.6 is 7.81 Å². The van der Waals surface area contributed by atoms with Crippen LogP contribution in [-0.2, 0) is 0 Å². The molecule has 118 valence electrons. The second kappa shape index (κ2) is 5.18. The van der Waals surface area contributed by atoms with Gasteiger partial charge in [0, 0.05) is 16.9 Å². The number of nitrogens with zero attached hydrogens (tertiary/aromatic N) is 1. The fourth-order valence-electron chi connectivity index (χ4n) is 1.30. The van der Waals surface area contributed by atoms with Gasteiger partial charge in [-0.05, 0) is 11.1 Å². The van der Waals surface area contributed by atoms with E-state index >= 15 is 0 Å². The van der Waals surface area contributed by atoms with E-state index in [1.54, 1.807) is 24.5 Å². The summed E-state index contributed by atoms with van der Waals surface area (Å²) in [5.74, 6) is 0. The number of hydrogen-bond donors (Lipinski definition) is 0. The van der Waals surface area contributed by atoms with Crippen molar-refractivity contribution in [3.63, 3.8) is 0 Å². The molecule has 9 heteroatoms. The summed E-state index contributed by atoms with van der Waals surface area (Å²) >= 11 is 0. The monoisotopic (exact) mass is 334 g/mol. The number of aromatic nitrogens is 1. The van der Waals surface area contributed by atoms with Crippen LogP contribution in [0.2, 0.25) is 0 Å². The molecule has 1 aromatic heterocycles. The van der Waals surface area contributed by atoms with Gasteiger partial charge in [0.2, 0.25) is 12.4 Å². The molecule has 1 heterocycles. The molecular weight excluding hydrogens is 319 g/mol. The molecule has 2 rings (SSSR count). The van der Waals surface area contributed by atoms with Gasteiger partial charge in [0.25, 0.3) is 0 Å². The molecule has 0 atom stereocenters. The number of hydrogen-bond acceptors (Lipinski definition) is 1. The van der Waals surface area contributed by atoms with Crippen LogP contribution < -0.4 is 9.57 Å². The van der Waals surface area contributed by atoms with E-state index in [9.17, 15) is 25.2 Å². The minimum Gasteiger partial charge on any atom is -0.275 e. The van der Waals surface area contributed by atoms with Crippen LogP contribution in [0.1, 0.15) is 4.11 Å². The van der Waals surface area contributed by atoms with Crippen molar-refractivity contribution in [1.29, 1.82) is 0 Å². The van der Waals surface area contributed by atoms with Gasteiger partial charge in [-0.15, -0.1) is 0 Å². The van der Waals surface area contributed by atoms with Crippen molar-refractivity contribution < 1.29 is 38.9 Å². The summed E-state index contributed by atoms with van der Waals surface area (Å²) in [5.41, 5.74) is 2.09. The zero-order valence-electron chi connectivity index (χ0n) is 13.3. The molecule has 2 nitrogen and oxygen atoms in total. The molecule has 0 amide bonds. The van der Waals surface area contributed by atoms with E-state index in [1.807, 2.05) is 30.3 Å². The Morgan fingerprint density at radius 2 is 1.29 bits per heavy atom. The molecule has 0 radical (unpaired) electrons. The van der Waals surface area contributed by atoms with Gasteiger partial charge in [-0.2, -0.15) is 0 Å². The van der Waals surface area contributed by atoms with E-state index in [0.29, 0.717) is 0 Å². The molecule has 0 saturated heterocycles. The van der Waals surface area contributed by atoms with E-state index in [0.717, 1.165) is 11.1 Å². The topological polar surface area (TPSA) is 13.1 Å². The van der Waals surface area contributed by atoms with Gasteiger partial charge in [-0.3, -0.25) is 4.84 Å². The first-order chi connectivity index (χ1) is 10.5. The summed E-state index contributed by atoms with van der Waals surface area (Å²) in [6, 6.07) is 13.5. The van der Waals surface area contributed by atoms with Crippen LogP contribution in [-0.4, -0.2) is 7.04 Å². The summed E-state index contributed by atoms with van der Waals surface area (Å²) in [6.45, 7) is 0. The Kier molecular flexibility index (Phi) is 3.18. The number of halogens is 6. The maximum atomic E-state index is 9.87. The molecule has 0 spiro atoms. The van der Waals surface area contributed by atoms with Crippen LogP contribution in [0.5, 0.6) is 0 Å². The molecule has 1 aromatic carbocycles. The third-order valence-electron chi connectivity index (χ3n) is 2.01. The third kappa shape index (κ3) is 9.67. The van der Waals surface area contributed by atoms with Crippen LogP contribution in [0, 0.1) is 0 Å². The van der Waals surface area contributed by atoms with Crippen molar-refractivity contribution in [1.82, 2.24) is 0 Å². The maximum absolute atomic E-state index is 10.7. The van der Waals surface area contributed by atoms with Crippen molar-refractivity contribution in [3.8, 4) is 11.1 Å². The molecule has 2 aromatic rings. The van der Waals surface area contributed by atoms with E-state index < -0.39 is 14.8 Å². The average molecular weight is 334 g/mol. The Bertz CT molecular complexity index is 662. The minimum absolute atomic E-state index is 1.01. The molecule has 0 N–H and O–H groups in total. The molecule has 0 saturated carbocycles. The van der Waals surface area contributed by atoms with Gasteiger partial charge in [0.1, 0.15) is 7.04 Å². The second-order valence-corrected chi connectivity index (χ2v) is 5.78. The van der Waals surface area contributed by atoms with Crippen molar-refractivity contribution in [2.45, 2.75) is 0 Å². The molecule has 0 aliphatic heterocycles. The van der Waals surface area contributed by atoms with Gasteiger partial charge in [0.15, 0.2) is 0 Å². The zero-order valence-corrected chi connectivity index (χ0v) is 11.2. The van der Waals surface area contributed by atoms with E-state index in [2.05, 4.69) is 0 Å². The molecule has 0 aliphatic rings.